The second-order valence-corrected chi connectivity index (χ2v) is 6.18. The number of benzene rings is 1. The predicted octanol–water partition coefficient (Wildman–Crippen LogP) is 2.31. The summed E-state index contributed by atoms with van der Waals surface area (Å²) in [6.07, 6.45) is 4.69. The van der Waals surface area contributed by atoms with Crippen molar-refractivity contribution in [3.63, 3.8) is 0 Å². The van der Waals surface area contributed by atoms with Crippen LogP contribution in [0.1, 0.15) is 18.7 Å². The van der Waals surface area contributed by atoms with Gasteiger partial charge in [0.2, 0.25) is 0 Å². The highest BCUT2D eigenvalue weighted by molar-refractivity contribution is 5.89. The summed E-state index contributed by atoms with van der Waals surface area (Å²) in [5.41, 5.74) is 0.774. The van der Waals surface area contributed by atoms with Crippen molar-refractivity contribution in [3.8, 4) is 5.75 Å². The van der Waals surface area contributed by atoms with Gasteiger partial charge in [-0.25, -0.2) is 4.79 Å². The fraction of sp³-hybridized carbons (Fsp3) is 0.471. The van der Waals surface area contributed by atoms with Crippen LogP contribution < -0.4 is 10.1 Å². The van der Waals surface area contributed by atoms with Gasteiger partial charge < -0.3 is 19.5 Å². The van der Waals surface area contributed by atoms with E-state index in [4.69, 9.17) is 4.74 Å². The Morgan fingerprint density at radius 2 is 2.17 bits per heavy atom. The monoisotopic (exact) mass is 329 g/mol. The summed E-state index contributed by atoms with van der Waals surface area (Å²) >= 11 is 0. The molecule has 0 saturated carbocycles. The summed E-state index contributed by atoms with van der Waals surface area (Å²) in [7, 11) is 3.57. The third-order valence-corrected chi connectivity index (χ3v) is 4.42. The SMILES string of the molecule is COc1ccc(NC(=O)N2CCCC(Cc3nncn3C)C2)cc1. The van der Waals surface area contributed by atoms with Gasteiger partial charge in [0.25, 0.3) is 0 Å². The highest BCUT2D eigenvalue weighted by Crippen LogP contribution is 2.21. The number of hydrogen-bond acceptors (Lipinski definition) is 4. The minimum atomic E-state index is -0.0529. The zero-order valence-electron chi connectivity index (χ0n) is 14.1. The van der Waals surface area contributed by atoms with Crippen molar-refractivity contribution in [2.24, 2.45) is 13.0 Å². The van der Waals surface area contributed by atoms with E-state index in [1.807, 2.05) is 40.8 Å². The van der Waals surface area contributed by atoms with Crippen LogP contribution in [0, 0.1) is 5.92 Å². The number of methoxy groups -OCH3 is 1. The fourth-order valence-electron chi connectivity index (χ4n) is 3.04. The number of rotatable bonds is 4. The van der Waals surface area contributed by atoms with Gasteiger partial charge in [-0.05, 0) is 43.0 Å². The number of ether oxygens (including phenoxy) is 1. The lowest BCUT2D eigenvalue weighted by atomic mass is 9.94. The highest BCUT2D eigenvalue weighted by atomic mass is 16.5. The first kappa shape index (κ1) is 16.3. The summed E-state index contributed by atoms with van der Waals surface area (Å²) in [4.78, 5) is 14.4. The van der Waals surface area contributed by atoms with E-state index in [0.29, 0.717) is 5.92 Å². The van der Waals surface area contributed by atoms with Crippen LogP contribution in [0.15, 0.2) is 30.6 Å². The Labute approximate surface area is 141 Å². The Bertz CT molecular complexity index is 683. The third-order valence-electron chi connectivity index (χ3n) is 4.42. The number of likely N-dealkylation sites (tertiary alicyclic amines) is 1. The van der Waals surface area contributed by atoms with E-state index in [2.05, 4.69) is 15.5 Å². The van der Waals surface area contributed by atoms with Crippen LogP contribution in [0.25, 0.3) is 0 Å². The summed E-state index contributed by atoms with van der Waals surface area (Å²) in [5.74, 6) is 2.16. The number of anilines is 1. The van der Waals surface area contributed by atoms with Crippen molar-refractivity contribution in [2.75, 3.05) is 25.5 Å². The van der Waals surface area contributed by atoms with Crippen LogP contribution in [0.5, 0.6) is 5.75 Å². The van der Waals surface area contributed by atoms with Gasteiger partial charge in [-0.15, -0.1) is 10.2 Å². The smallest absolute Gasteiger partial charge is 0.321 e. The fourth-order valence-corrected chi connectivity index (χ4v) is 3.04. The van der Waals surface area contributed by atoms with Crippen molar-refractivity contribution in [3.05, 3.63) is 36.4 Å². The zero-order valence-corrected chi connectivity index (χ0v) is 14.1. The number of hydrogen-bond donors (Lipinski definition) is 1. The number of nitrogens with zero attached hydrogens (tertiary/aromatic N) is 4. The second-order valence-electron chi connectivity index (χ2n) is 6.18. The molecule has 0 bridgehead atoms. The van der Waals surface area contributed by atoms with Crippen molar-refractivity contribution in [1.82, 2.24) is 19.7 Å². The van der Waals surface area contributed by atoms with E-state index >= 15 is 0 Å². The Morgan fingerprint density at radius 1 is 1.38 bits per heavy atom. The van der Waals surface area contributed by atoms with Gasteiger partial charge >= 0.3 is 6.03 Å². The minimum absolute atomic E-state index is 0.0529. The van der Waals surface area contributed by atoms with Crippen LogP contribution in [0.3, 0.4) is 0 Å². The quantitative estimate of drug-likeness (QED) is 0.934. The number of piperidine rings is 1. The summed E-state index contributed by atoms with van der Waals surface area (Å²) < 4.78 is 7.07. The topological polar surface area (TPSA) is 72.3 Å². The van der Waals surface area contributed by atoms with Crippen molar-refractivity contribution in [2.45, 2.75) is 19.3 Å². The molecule has 1 unspecified atom stereocenters. The van der Waals surface area contributed by atoms with Crippen LogP contribution in [0.2, 0.25) is 0 Å². The molecular formula is C17H23N5O2. The van der Waals surface area contributed by atoms with Crippen molar-refractivity contribution < 1.29 is 9.53 Å². The third kappa shape index (κ3) is 3.84. The zero-order chi connectivity index (χ0) is 16.9. The number of aryl methyl sites for hydroxylation is 1. The Hall–Kier alpha value is -2.57. The average Bonchev–Trinajstić information content (AvgIpc) is 3.00. The van der Waals surface area contributed by atoms with Crippen LogP contribution in [0.4, 0.5) is 10.5 Å². The Balaban J connectivity index is 1.57. The Morgan fingerprint density at radius 3 is 2.83 bits per heavy atom. The molecule has 2 aromatic rings. The first-order valence-electron chi connectivity index (χ1n) is 8.18. The van der Waals surface area contributed by atoms with Gasteiger partial charge in [-0.2, -0.15) is 0 Å². The normalized spacial score (nSPS) is 17.6. The molecule has 1 fully saturated rings. The van der Waals surface area contributed by atoms with E-state index in [9.17, 15) is 4.79 Å². The molecule has 1 atom stereocenters. The van der Waals surface area contributed by atoms with Crippen molar-refractivity contribution >= 4 is 11.7 Å². The van der Waals surface area contributed by atoms with Crippen LogP contribution in [-0.2, 0) is 13.5 Å². The molecule has 1 aliphatic rings. The summed E-state index contributed by atoms with van der Waals surface area (Å²) in [5, 5.41) is 11.0. The van der Waals surface area contributed by atoms with Gasteiger partial charge in [-0.3, -0.25) is 0 Å². The molecule has 1 saturated heterocycles. The highest BCUT2D eigenvalue weighted by Gasteiger charge is 2.25. The lowest BCUT2D eigenvalue weighted by Gasteiger charge is -2.32. The molecule has 3 rings (SSSR count). The molecule has 2 amide bonds. The molecule has 1 aliphatic heterocycles. The number of aromatic nitrogens is 3. The largest absolute Gasteiger partial charge is 0.497 e. The Kier molecular flexibility index (Phi) is 4.98. The number of carbonyl (C=O) groups is 1. The van der Waals surface area contributed by atoms with Gasteiger partial charge in [0, 0.05) is 32.2 Å². The molecule has 0 radical (unpaired) electrons. The van der Waals surface area contributed by atoms with E-state index in [-0.39, 0.29) is 6.03 Å². The maximum Gasteiger partial charge on any atom is 0.321 e. The number of amides is 2. The van der Waals surface area contributed by atoms with E-state index in [0.717, 1.165) is 49.6 Å². The standard InChI is InChI=1S/C17H23N5O2/c1-21-12-18-20-16(21)10-13-4-3-9-22(11-13)17(23)19-14-5-7-15(24-2)8-6-14/h5-8,12-13H,3-4,9-11H2,1-2H3,(H,19,23). The lowest BCUT2D eigenvalue weighted by Crippen LogP contribution is -2.43. The molecular weight excluding hydrogens is 306 g/mol. The van der Waals surface area contributed by atoms with Gasteiger partial charge in [0.1, 0.15) is 17.9 Å². The molecule has 1 N–H and O–H groups in total. The van der Waals surface area contributed by atoms with Gasteiger partial charge in [0.15, 0.2) is 0 Å². The van der Waals surface area contributed by atoms with E-state index in [1.165, 1.54) is 0 Å². The maximum atomic E-state index is 12.5. The molecule has 128 valence electrons. The summed E-state index contributed by atoms with van der Waals surface area (Å²) in [6, 6.07) is 7.31. The number of carbonyl (C=O) groups excluding carboxylic acids is 1. The first-order chi connectivity index (χ1) is 11.7. The lowest BCUT2D eigenvalue weighted by molar-refractivity contribution is 0.176. The predicted molar refractivity (Wildman–Crippen MR) is 91.0 cm³/mol. The van der Waals surface area contributed by atoms with Crippen LogP contribution in [-0.4, -0.2) is 45.9 Å². The average molecular weight is 329 g/mol. The molecule has 0 aliphatic carbocycles. The van der Waals surface area contributed by atoms with E-state index < -0.39 is 0 Å². The molecule has 2 heterocycles. The number of nitrogens with one attached hydrogen (secondary N) is 1. The molecule has 1 aromatic heterocycles. The molecule has 7 nitrogen and oxygen atoms in total. The second kappa shape index (κ2) is 7.33. The molecule has 0 spiro atoms. The summed E-state index contributed by atoms with van der Waals surface area (Å²) in [6.45, 7) is 1.53. The molecule has 1 aromatic carbocycles. The van der Waals surface area contributed by atoms with Gasteiger partial charge in [-0.1, -0.05) is 0 Å². The number of urea groups is 1. The first-order valence-corrected chi connectivity index (χ1v) is 8.18. The van der Waals surface area contributed by atoms with Crippen molar-refractivity contribution in [1.29, 1.82) is 0 Å². The minimum Gasteiger partial charge on any atom is -0.497 e. The molecule has 7 heteroatoms. The van der Waals surface area contributed by atoms with E-state index in [1.54, 1.807) is 13.4 Å². The molecule has 24 heavy (non-hydrogen) atoms. The van der Waals surface area contributed by atoms with Crippen LogP contribution >= 0.6 is 0 Å². The van der Waals surface area contributed by atoms with Gasteiger partial charge in [0.05, 0.1) is 7.11 Å². The maximum absolute atomic E-state index is 12.5.